The molecule has 0 amide bonds. The van der Waals surface area contributed by atoms with E-state index in [0.717, 1.165) is 25.7 Å². The molecule has 2 aliphatic rings. The summed E-state index contributed by atoms with van der Waals surface area (Å²) in [6, 6.07) is 0. The highest BCUT2D eigenvalue weighted by molar-refractivity contribution is 4.93. The molecule has 0 aliphatic heterocycles. The maximum absolute atomic E-state index is 9.52. The van der Waals surface area contributed by atoms with Crippen molar-refractivity contribution in [1.29, 1.82) is 0 Å². The SMILES string of the molecule is O[C@@H]1[C@H]2CC[C@@H]1[C@@H](O)CC2. The number of rotatable bonds is 0. The van der Waals surface area contributed by atoms with Crippen molar-refractivity contribution >= 4 is 0 Å². The predicted molar refractivity (Wildman–Crippen MR) is 37.5 cm³/mol. The van der Waals surface area contributed by atoms with Crippen molar-refractivity contribution in [2.45, 2.75) is 37.9 Å². The molecule has 2 nitrogen and oxygen atoms in total. The summed E-state index contributed by atoms with van der Waals surface area (Å²) < 4.78 is 0. The Kier molecular flexibility index (Phi) is 1.46. The van der Waals surface area contributed by atoms with E-state index in [2.05, 4.69) is 0 Å². The maximum Gasteiger partial charge on any atom is 0.0621 e. The smallest absolute Gasteiger partial charge is 0.0621 e. The molecule has 0 saturated heterocycles. The zero-order chi connectivity index (χ0) is 7.14. The van der Waals surface area contributed by atoms with Crippen LogP contribution in [-0.2, 0) is 0 Å². The molecule has 4 atom stereocenters. The third-order valence-electron chi connectivity index (χ3n) is 3.12. The third kappa shape index (κ3) is 0.789. The number of hydrogen-bond acceptors (Lipinski definition) is 2. The van der Waals surface area contributed by atoms with E-state index < -0.39 is 0 Å². The second-order valence-corrected chi connectivity index (χ2v) is 3.64. The molecule has 2 aliphatic carbocycles. The molecule has 2 fully saturated rings. The van der Waals surface area contributed by atoms with Crippen molar-refractivity contribution < 1.29 is 10.2 Å². The Balaban J connectivity index is 2.13. The van der Waals surface area contributed by atoms with Crippen LogP contribution in [0.15, 0.2) is 0 Å². The van der Waals surface area contributed by atoms with Gasteiger partial charge in [0.15, 0.2) is 0 Å². The Morgan fingerprint density at radius 3 is 2.30 bits per heavy atom. The van der Waals surface area contributed by atoms with Crippen LogP contribution in [0.1, 0.15) is 25.7 Å². The first-order chi connectivity index (χ1) is 4.79. The van der Waals surface area contributed by atoms with E-state index in [0.29, 0.717) is 5.92 Å². The lowest BCUT2D eigenvalue weighted by molar-refractivity contribution is -0.0224. The largest absolute Gasteiger partial charge is 0.393 e. The molecule has 0 aromatic carbocycles. The zero-order valence-corrected chi connectivity index (χ0v) is 6.03. The quantitative estimate of drug-likeness (QED) is 0.518. The van der Waals surface area contributed by atoms with Crippen molar-refractivity contribution in [1.82, 2.24) is 0 Å². The molecule has 0 unspecified atom stereocenters. The van der Waals surface area contributed by atoms with Crippen LogP contribution in [0.3, 0.4) is 0 Å². The molecular weight excluding hydrogens is 128 g/mol. The normalized spacial score (nSPS) is 53.4. The number of aliphatic hydroxyl groups is 2. The van der Waals surface area contributed by atoms with Crippen molar-refractivity contribution in [3.05, 3.63) is 0 Å². The van der Waals surface area contributed by atoms with Gasteiger partial charge in [0.05, 0.1) is 12.2 Å². The second-order valence-electron chi connectivity index (χ2n) is 3.64. The first kappa shape index (κ1) is 6.62. The van der Waals surface area contributed by atoms with E-state index in [4.69, 9.17) is 0 Å². The van der Waals surface area contributed by atoms with E-state index in [1.165, 1.54) is 0 Å². The van der Waals surface area contributed by atoms with Gasteiger partial charge in [-0.25, -0.2) is 0 Å². The fraction of sp³-hybridized carbons (Fsp3) is 1.00. The van der Waals surface area contributed by atoms with Crippen LogP contribution >= 0.6 is 0 Å². The molecule has 0 aromatic heterocycles. The minimum absolute atomic E-state index is 0.191. The van der Waals surface area contributed by atoms with Gasteiger partial charge < -0.3 is 10.2 Å². The molecule has 10 heavy (non-hydrogen) atoms. The number of hydrogen-bond donors (Lipinski definition) is 2. The Labute approximate surface area is 60.9 Å². The van der Waals surface area contributed by atoms with Crippen LogP contribution in [0.2, 0.25) is 0 Å². The molecule has 0 heterocycles. The van der Waals surface area contributed by atoms with Gasteiger partial charge in [-0.1, -0.05) is 0 Å². The van der Waals surface area contributed by atoms with Crippen LogP contribution in [0.5, 0.6) is 0 Å². The van der Waals surface area contributed by atoms with E-state index in [1.807, 2.05) is 0 Å². The fourth-order valence-corrected chi connectivity index (χ4v) is 2.43. The molecule has 2 bridgehead atoms. The van der Waals surface area contributed by atoms with Crippen LogP contribution < -0.4 is 0 Å². The monoisotopic (exact) mass is 142 g/mol. The maximum atomic E-state index is 9.52. The highest BCUT2D eigenvalue weighted by atomic mass is 16.3. The Morgan fingerprint density at radius 2 is 1.60 bits per heavy atom. The molecular formula is C8H14O2. The first-order valence-corrected chi connectivity index (χ1v) is 4.15. The molecule has 2 N–H and O–H groups in total. The lowest BCUT2D eigenvalue weighted by atomic mass is 9.84. The molecule has 2 rings (SSSR count). The van der Waals surface area contributed by atoms with E-state index >= 15 is 0 Å². The molecule has 0 radical (unpaired) electrons. The van der Waals surface area contributed by atoms with Crippen LogP contribution in [-0.4, -0.2) is 22.4 Å². The van der Waals surface area contributed by atoms with Gasteiger partial charge >= 0.3 is 0 Å². The third-order valence-corrected chi connectivity index (χ3v) is 3.12. The average molecular weight is 142 g/mol. The van der Waals surface area contributed by atoms with Crippen LogP contribution in [0.4, 0.5) is 0 Å². The Morgan fingerprint density at radius 1 is 0.900 bits per heavy atom. The Hall–Kier alpha value is -0.0800. The van der Waals surface area contributed by atoms with Gasteiger partial charge in [-0.15, -0.1) is 0 Å². The minimum Gasteiger partial charge on any atom is -0.393 e. The highest BCUT2D eigenvalue weighted by Crippen LogP contribution is 2.42. The summed E-state index contributed by atoms with van der Waals surface area (Å²) in [7, 11) is 0. The van der Waals surface area contributed by atoms with E-state index in [-0.39, 0.29) is 18.1 Å². The van der Waals surface area contributed by atoms with Gasteiger partial charge in [-0.2, -0.15) is 0 Å². The first-order valence-electron chi connectivity index (χ1n) is 4.15. The average Bonchev–Trinajstić information content (AvgIpc) is 2.13. The summed E-state index contributed by atoms with van der Waals surface area (Å²) >= 11 is 0. The van der Waals surface area contributed by atoms with Crippen molar-refractivity contribution in [2.75, 3.05) is 0 Å². The van der Waals surface area contributed by atoms with Gasteiger partial charge in [0.2, 0.25) is 0 Å². The van der Waals surface area contributed by atoms with Gasteiger partial charge in [-0.3, -0.25) is 0 Å². The topological polar surface area (TPSA) is 40.5 Å². The highest BCUT2D eigenvalue weighted by Gasteiger charge is 2.42. The van der Waals surface area contributed by atoms with Crippen LogP contribution in [0, 0.1) is 11.8 Å². The Bertz CT molecular complexity index is 135. The van der Waals surface area contributed by atoms with Crippen molar-refractivity contribution in [3.8, 4) is 0 Å². The summed E-state index contributed by atoms with van der Waals surface area (Å²) in [5, 5.41) is 18.9. The summed E-state index contributed by atoms with van der Waals surface area (Å²) in [5.41, 5.74) is 0. The van der Waals surface area contributed by atoms with Gasteiger partial charge in [0, 0.05) is 5.92 Å². The summed E-state index contributed by atoms with van der Waals surface area (Å²) in [6.45, 7) is 0. The molecule has 2 heteroatoms. The van der Waals surface area contributed by atoms with E-state index in [1.54, 1.807) is 0 Å². The minimum atomic E-state index is -0.214. The molecule has 58 valence electrons. The summed E-state index contributed by atoms with van der Waals surface area (Å²) in [4.78, 5) is 0. The van der Waals surface area contributed by atoms with Crippen molar-refractivity contribution in [3.63, 3.8) is 0 Å². The summed E-state index contributed by atoms with van der Waals surface area (Å²) in [5.74, 6) is 0.715. The zero-order valence-electron chi connectivity index (χ0n) is 6.03. The van der Waals surface area contributed by atoms with Gasteiger partial charge in [0.25, 0.3) is 0 Å². The molecule has 0 spiro atoms. The predicted octanol–water partition coefficient (Wildman–Crippen LogP) is 0.528. The molecule has 0 aromatic rings. The van der Waals surface area contributed by atoms with Gasteiger partial charge in [0.1, 0.15) is 0 Å². The van der Waals surface area contributed by atoms with E-state index in [9.17, 15) is 10.2 Å². The lowest BCUT2D eigenvalue weighted by Gasteiger charge is -2.29. The molecule has 2 saturated carbocycles. The lowest BCUT2D eigenvalue weighted by Crippen LogP contribution is -2.35. The standard InChI is InChI=1S/C8H14O2/c9-7-4-2-5-1-3-6(7)8(5)10/h5-10H,1-4H2/t5-,6+,7-,8+/m0/s1. The second kappa shape index (κ2) is 2.21. The summed E-state index contributed by atoms with van der Waals surface area (Å²) in [6.07, 6.45) is 3.69. The van der Waals surface area contributed by atoms with Crippen molar-refractivity contribution in [2.24, 2.45) is 11.8 Å². The number of fused-ring (bicyclic) bond motifs is 2. The fourth-order valence-electron chi connectivity index (χ4n) is 2.43. The van der Waals surface area contributed by atoms with Gasteiger partial charge in [-0.05, 0) is 31.6 Å². The van der Waals surface area contributed by atoms with Crippen LogP contribution in [0.25, 0.3) is 0 Å². The number of aliphatic hydroxyl groups excluding tert-OH is 2.